The molecule has 0 spiro atoms. The summed E-state index contributed by atoms with van der Waals surface area (Å²) in [5.41, 5.74) is -0.0876. The molecular weight excluding hydrogens is 430 g/mol. The highest BCUT2D eigenvalue weighted by atomic mass is 16.5. The van der Waals surface area contributed by atoms with Crippen molar-refractivity contribution >= 4 is 17.8 Å². The van der Waals surface area contributed by atoms with Gasteiger partial charge in [0.2, 0.25) is 5.91 Å². The topological polar surface area (TPSA) is 92.7 Å². The summed E-state index contributed by atoms with van der Waals surface area (Å²) in [4.78, 5) is 35.1. The molecule has 190 valence electrons. The fourth-order valence-electron chi connectivity index (χ4n) is 3.70. The molecule has 0 aliphatic carbocycles. The molecule has 0 aliphatic rings. The van der Waals surface area contributed by atoms with Crippen molar-refractivity contribution in [1.82, 2.24) is 5.32 Å². The SMILES string of the molecule is CCCCCCCCC=CCCCCCCCC(=O)NCCOC(=O)c1ccccc1C(=O)O. The van der Waals surface area contributed by atoms with Crippen molar-refractivity contribution in [1.29, 1.82) is 0 Å². The molecule has 0 fully saturated rings. The first-order valence-corrected chi connectivity index (χ1v) is 13.0. The molecule has 0 saturated carbocycles. The molecule has 1 aromatic rings. The number of hydrogen-bond acceptors (Lipinski definition) is 4. The molecule has 0 atom stereocenters. The molecule has 0 saturated heterocycles. The summed E-state index contributed by atoms with van der Waals surface area (Å²) in [5.74, 6) is -1.94. The van der Waals surface area contributed by atoms with E-state index in [4.69, 9.17) is 9.84 Å². The van der Waals surface area contributed by atoms with Gasteiger partial charge in [0.1, 0.15) is 6.61 Å². The van der Waals surface area contributed by atoms with Crippen LogP contribution in [-0.4, -0.2) is 36.1 Å². The lowest BCUT2D eigenvalue weighted by atomic mass is 10.1. The van der Waals surface area contributed by atoms with E-state index in [1.54, 1.807) is 12.1 Å². The van der Waals surface area contributed by atoms with Gasteiger partial charge in [0.15, 0.2) is 0 Å². The summed E-state index contributed by atoms with van der Waals surface area (Å²) in [6.45, 7) is 2.47. The first-order chi connectivity index (χ1) is 16.6. The van der Waals surface area contributed by atoms with Crippen molar-refractivity contribution in [3.63, 3.8) is 0 Å². The second-order valence-corrected chi connectivity index (χ2v) is 8.67. The van der Waals surface area contributed by atoms with Gasteiger partial charge in [0.25, 0.3) is 0 Å². The summed E-state index contributed by atoms with van der Waals surface area (Å²) in [6, 6.07) is 5.90. The van der Waals surface area contributed by atoms with Gasteiger partial charge in [-0.3, -0.25) is 4.79 Å². The number of carboxylic acid groups (broad SMARTS) is 1. The average molecular weight is 474 g/mol. The number of esters is 1. The minimum absolute atomic E-state index is 0.00486. The van der Waals surface area contributed by atoms with Crippen LogP contribution in [0.5, 0.6) is 0 Å². The number of nitrogens with one attached hydrogen (secondary N) is 1. The first-order valence-electron chi connectivity index (χ1n) is 13.0. The van der Waals surface area contributed by atoms with Crippen LogP contribution in [0.3, 0.4) is 0 Å². The predicted molar refractivity (Wildman–Crippen MR) is 136 cm³/mol. The van der Waals surface area contributed by atoms with Crippen molar-refractivity contribution in [2.45, 2.75) is 96.8 Å². The van der Waals surface area contributed by atoms with Crippen LogP contribution in [0.15, 0.2) is 36.4 Å². The molecule has 6 heteroatoms. The Morgan fingerprint density at radius 1 is 0.824 bits per heavy atom. The van der Waals surface area contributed by atoms with Crippen LogP contribution in [0.2, 0.25) is 0 Å². The maximum atomic E-state index is 12.0. The van der Waals surface area contributed by atoms with E-state index in [1.165, 1.54) is 69.9 Å². The average Bonchev–Trinajstić information content (AvgIpc) is 2.84. The van der Waals surface area contributed by atoms with Gasteiger partial charge in [-0.15, -0.1) is 0 Å². The zero-order valence-electron chi connectivity index (χ0n) is 20.9. The number of rotatable bonds is 20. The number of carbonyl (C=O) groups excluding carboxylic acids is 2. The third-order valence-electron chi connectivity index (χ3n) is 5.70. The van der Waals surface area contributed by atoms with E-state index >= 15 is 0 Å². The fraction of sp³-hybridized carbons (Fsp3) is 0.607. The molecule has 0 aromatic heterocycles. The van der Waals surface area contributed by atoms with Gasteiger partial charge >= 0.3 is 11.9 Å². The zero-order chi connectivity index (χ0) is 24.9. The van der Waals surface area contributed by atoms with E-state index in [1.807, 2.05) is 0 Å². The summed E-state index contributed by atoms with van der Waals surface area (Å²) in [7, 11) is 0. The fourth-order valence-corrected chi connectivity index (χ4v) is 3.70. The largest absolute Gasteiger partial charge is 0.478 e. The highest BCUT2D eigenvalue weighted by Crippen LogP contribution is 2.11. The molecule has 1 amide bonds. The van der Waals surface area contributed by atoms with Crippen LogP contribution < -0.4 is 5.32 Å². The zero-order valence-corrected chi connectivity index (χ0v) is 20.9. The Labute approximate surface area is 205 Å². The molecule has 0 bridgehead atoms. The lowest BCUT2D eigenvalue weighted by Crippen LogP contribution is -2.28. The molecule has 0 radical (unpaired) electrons. The molecule has 1 rings (SSSR count). The number of benzene rings is 1. The van der Waals surface area contributed by atoms with Crippen LogP contribution in [0, 0.1) is 0 Å². The number of ether oxygens (including phenoxy) is 1. The quantitative estimate of drug-likeness (QED) is 0.125. The molecule has 34 heavy (non-hydrogen) atoms. The number of carboxylic acids is 1. The van der Waals surface area contributed by atoms with Gasteiger partial charge in [0, 0.05) is 6.42 Å². The Bertz CT molecular complexity index is 744. The van der Waals surface area contributed by atoms with E-state index < -0.39 is 11.9 Å². The number of hydrogen-bond donors (Lipinski definition) is 2. The number of allylic oxidation sites excluding steroid dienone is 2. The van der Waals surface area contributed by atoms with Gasteiger partial charge < -0.3 is 15.2 Å². The maximum Gasteiger partial charge on any atom is 0.339 e. The Morgan fingerprint density at radius 3 is 2.00 bits per heavy atom. The molecule has 0 unspecified atom stereocenters. The number of amides is 1. The lowest BCUT2D eigenvalue weighted by molar-refractivity contribution is -0.121. The Balaban J connectivity index is 1.95. The smallest absolute Gasteiger partial charge is 0.339 e. The summed E-state index contributed by atoms with van der Waals surface area (Å²) < 4.78 is 5.08. The van der Waals surface area contributed by atoms with Gasteiger partial charge in [-0.1, -0.05) is 82.6 Å². The maximum absolute atomic E-state index is 12.0. The molecule has 2 N–H and O–H groups in total. The monoisotopic (exact) mass is 473 g/mol. The van der Waals surface area contributed by atoms with E-state index in [-0.39, 0.29) is 30.2 Å². The van der Waals surface area contributed by atoms with Crippen LogP contribution in [0.25, 0.3) is 0 Å². The van der Waals surface area contributed by atoms with Crippen LogP contribution in [0.4, 0.5) is 0 Å². The number of aromatic carboxylic acids is 1. The molecule has 6 nitrogen and oxygen atoms in total. The summed E-state index contributed by atoms with van der Waals surface area (Å²) >= 11 is 0. The minimum Gasteiger partial charge on any atom is -0.478 e. The van der Waals surface area contributed by atoms with Crippen LogP contribution in [0.1, 0.15) is 118 Å². The van der Waals surface area contributed by atoms with E-state index in [9.17, 15) is 14.4 Å². The molecule has 1 aromatic carbocycles. The second-order valence-electron chi connectivity index (χ2n) is 8.67. The number of unbranched alkanes of at least 4 members (excludes halogenated alkanes) is 11. The van der Waals surface area contributed by atoms with Crippen LogP contribution in [-0.2, 0) is 9.53 Å². The van der Waals surface area contributed by atoms with Crippen molar-refractivity contribution in [2.75, 3.05) is 13.2 Å². The third kappa shape index (κ3) is 14.5. The van der Waals surface area contributed by atoms with Gasteiger partial charge in [-0.2, -0.15) is 0 Å². The first kappa shape index (κ1) is 29.4. The second kappa shape index (κ2) is 19.8. The Kier molecular flexibility index (Phi) is 17.1. The van der Waals surface area contributed by atoms with E-state index in [2.05, 4.69) is 24.4 Å². The third-order valence-corrected chi connectivity index (χ3v) is 5.70. The van der Waals surface area contributed by atoms with E-state index in [0.29, 0.717) is 6.42 Å². The minimum atomic E-state index is -1.18. The summed E-state index contributed by atoms with van der Waals surface area (Å²) in [6.07, 6.45) is 21.0. The standard InChI is InChI=1S/C28H43NO5/c1-2-3-4-5-6-7-8-9-10-11-12-13-14-15-16-21-26(30)29-22-23-34-28(33)25-20-18-17-19-24(25)27(31)32/h9-10,17-20H,2-8,11-16,21-23H2,1H3,(H,29,30)(H,31,32). The molecular formula is C28H43NO5. The Hall–Kier alpha value is -2.63. The normalized spacial score (nSPS) is 11.0. The van der Waals surface area contributed by atoms with E-state index in [0.717, 1.165) is 25.7 Å². The molecule has 0 heterocycles. The van der Waals surface area contributed by atoms with Crippen molar-refractivity contribution in [3.8, 4) is 0 Å². The molecule has 0 aliphatic heterocycles. The van der Waals surface area contributed by atoms with Crippen LogP contribution >= 0.6 is 0 Å². The highest BCUT2D eigenvalue weighted by molar-refractivity contribution is 6.02. The van der Waals surface area contributed by atoms with Gasteiger partial charge in [0.05, 0.1) is 17.7 Å². The Morgan fingerprint density at radius 2 is 1.38 bits per heavy atom. The summed E-state index contributed by atoms with van der Waals surface area (Å²) in [5, 5.41) is 11.9. The van der Waals surface area contributed by atoms with Crippen molar-refractivity contribution < 1.29 is 24.2 Å². The van der Waals surface area contributed by atoms with Crippen molar-refractivity contribution in [2.24, 2.45) is 0 Å². The van der Waals surface area contributed by atoms with Crippen molar-refractivity contribution in [3.05, 3.63) is 47.5 Å². The number of carbonyl (C=O) groups is 3. The van der Waals surface area contributed by atoms with Gasteiger partial charge in [-0.25, -0.2) is 9.59 Å². The lowest BCUT2D eigenvalue weighted by Gasteiger charge is -2.08. The predicted octanol–water partition coefficient (Wildman–Crippen LogP) is 6.70. The van der Waals surface area contributed by atoms with Gasteiger partial charge in [-0.05, 0) is 44.2 Å². The highest BCUT2D eigenvalue weighted by Gasteiger charge is 2.16.